The fourth-order valence-electron chi connectivity index (χ4n) is 2.95. The number of rotatable bonds is 5. The van der Waals surface area contributed by atoms with Crippen molar-refractivity contribution in [2.24, 2.45) is 0 Å². The van der Waals surface area contributed by atoms with Crippen LogP contribution in [0.2, 0.25) is 0 Å². The van der Waals surface area contributed by atoms with Crippen molar-refractivity contribution in [2.45, 2.75) is 37.0 Å². The highest BCUT2D eigenvalue weighted by atomic mass is 32.2. The molecule has 0 bridgehead atoms. The van der Waals surface area contributed by atoms with E-state index >= 15 is 0 Å². The van der Waals surface area contributed by atoms with Crippen LogP contribution in [-0.4, -0.2) is 18.8 Å². The minimum absolute atomic E-state index is 0.0827. The van der Waals surface area contributed by atoms with Crippen LogP contribution in [0.4, 0.5) is 5.00 Å². The molecule has 0 spiro atoms. The van der Waals surface area contributed by atoms with E-state index in [0.29, 0.717) is 16.3 Å². The van der Waals surface area contributed by atoms with E-state index in [1.807, 2.05) is 24.3 Å². The summed E-state index contributed by atoms with van der Waals surface area (Å²) in [4.78, 5) is 14.6. The van der Waals surface area contributed by atoms with Crippen molar-refractivity contribution in [3.05, 3.63) is 40.3 Å². The van der Waals surface area contributed by atoms with Crippen LogP contribution in [0.5, 0.6) is 5.75 Å². The van der Waals surface area contributed by atoms with Crippen molar-refractivity contribution >= 4 is 34.0 Å². The molecule has 1 aromatic heterocycles. The Morgan fingerprint density at radius 2 is 2.20 bits per heavy atom. The van der Waals surface area contributed by atoms with E-state index in [1.165, 1.54) is 23.1 Å². The first-order valence-electron chi connectivity index (χ1n) is 8.32. The lowest BCUT2D eigenvalue weighted by molar-refractivity contribution is -0.113. The van der Waals surface area contributed by atoms with Gasteiger partial charge in [-0.15, -0.1) is 23.1 Å². The monoisotopic (exact) mass is 372 g/mol. The first kappa shape index (κ1) is 17.8. The largest absolute Gasteiger partial charge is 0.497 e. The molecule has 4 nitrogen and oxygen atoms in total. The topological polar surface area (TPSA) is 62.1 Å². The number of nitrogens with zero attached hydrogens (tertiary/aromatic N) is 1. The molecule has 1 aliphatic rings. The first-order valence-corrected chi connectivity index (χ1v) is 10.1. The number of fused-ring (bicyclic) bond motifs is 1. The summed E-state index contributed by atoms with van der Waals surface area (Å²) in [7, 11) is 1.63. The fraction of sp³-hybridized carbons (Fsp3) is 0.368. The molecular weight excluding hydrogens is 352 g/mol. The van der Waals surface area contributed by atoms with Gasteiger partial charge in [-0.2, -0.15) is 5.26 Å². The molecule has 0 fully saturated rings. The van der Waals surface area contributed by atoms with E-state index in [9.17, 15) is 10.1 Å². The Balaban J connectivity index is 1.66. The van der Waals surface area contributed by atoms with Gasteiger partial charge in [0.25, 0.3) is 0 Å². The number of nitriles is 1. The van der Waals surface area contributed by atoms with Crippen LogP contribution in [-0.2, 0) is 17.6 Å². The van der Waals surface area contributed by atoms with Crippen LogP contribution in [0.1, 0.15) is 35.3 Å². The summed E-state index contributed by atoms with van der Waals surface area (Å²) in [5.41, 5.74) is 1.82. The quantitative estimate of drug-likeness (QED) is 0.614. The predicted molar refractivity (Wildman–Crippen MR) is 103 cm³/mol. The molecule has 0 atom stereocenters. The minimum Gasteiger partial charge on any atom is -0.497 e. The normalized spacial score (nSPS) is 13.4. The third-order valence-corrected chi connectivity index (χ3v) is 6.40. The number of aryl methyl sites for hydroxylation is 1. The zero-order chi connectivity index (χ0) is 17.6. The fourth-order valence-corrected chi connectivity index (χ4v) is 4.95. The maximum absolute atomic E-state index is 12.3. The summed E-state index contributed by atoms with van der Waals surface area (Å²) in [5.74, 6) is 1.00. The van der Waals surface area contributed by atoms with Crippen LogP contribution in [0.15, 0.2) is 29.2 Å². The summed E-state index contributed by atoms with van der Waals surface area (Å²) in [6.07, 6.45) is 5.46. The van der Waals surface area contributed by atoms with Crippen molar-refractivity contribution in [3.63, 3.8) is 0 Å². The van der Waals surface area contributed by atoms with Gasteiger partial charge in [0.05, 0.1) is 18.4 Å². The number of carbonyl (C=O) groups is 1. The van der Waals surface area contributed by atoms with E-state index in [-0.39, 0.29) is 5.91 Å². The smallest absolute Gasteiger partial charge is 0.235 e. The van der Waals surface area contributed by atoms with Gasteiger partial charge < -0.3 is 10.1 Å². The maximum atomic E-state index is 12.3. The first-order chi connectivity index (χ1) is 12.2. The average molecular weight is 373 g/mol. The number of nitrogens with one attached hydrogen (secondary N) is 1. The maximum Gasteiger partial charge on any atom is 0.235 e. The van der Waals surface area contributed by atoms with Gasteiger partial charge in [0, 0.05) is 9.77 Å². The van der Waals surface area contributed by atoms with Crippen molar-refractivity contribution in [1.29, 1.82) is 5.26 Å². The van der Waals surface area contributed by atoms with Crippen LogP contribution < -0.4 is 10.1 Å². The second kappa shape index (κ2) is 8.41. The molecule has 1 heterocycles. The van der Waals surface area contributed by atoms with E-state index in [2.05, 4.69) is 11.4 Å². The van der Waals surface area contributed by atoms with Gasteiger partial charge in [-0.25, -0.2) is 0 Å². The van der Waals surface area contributed by atoms with E-state index < -0.39 is 0 Å². The second-order valence-corrected chi connectivity index (χ2v) is 8.05. The molecule has 130 valence electrons. The van der Waals surface area contributed by atoms with Crippen LogP contribution in [0.3, 0.4) is 0 Å². The summed E-state index contributed by atoms with van der Waals surface area (Å²) in [6.45, 7) is 0. The summed E-state index contributed by atoms with van der Waals surface area (Å²) < 4.78 is 5.20. The highest BCUT2D eigenvalue weighted by Crippen LogP contribution is 2.37. The number of benzene rings is 1. The van der Waals surface area contributed by atoms with Gasteiger partial charge in [-0.3, -0.25) is 4.79 Å². The SMILES string of the molecule is COc1cccc(SCC(=O)Nc2sc3c(c2C#N)CCCCC3)c1. The minimum atomic E-state index is -0.0827. The van der Waals surface area contributed by atoms with Gasteiger partial charge in [0.1, 0.15) is 16.8 Å². The van der Waals surface area contributed by atoms with Crippen LogP contribution in [0.25, 0.3) is 0 Å². The second-order valence-electron chi connectivity index (χ2n) is 5.90. The number of carbonyl (C=O) groups excluding carboxylic acids is 1. The van der Waals surface area contributed by atoms with Crippen LogP contribution in [0, 0.1) is 11.3 Å². The highest BCUT2D eigenvalue weighted by molar-refractivity contribution is 8.00. The zero-order valence-corrected chi connectivity index (χ0v) is 15.8. The van der Waals surface area contributed by atoms with Crippen molar-refractivity contribution < 1.29 is 9.53 Å². The third-order valence-electron chi connectivity index (χ3n) is 4.20. The Hall–Kier alpha value is -1.97. The zero-order valence-electron chi connectivity index (χ0n) is 14.1. The molecule has 1 aromatic carbocycles. The number of thioether (sulfide) groups is 1. The molecule has 0 radical (unpaired) electrons. The molecular formula is C19H20N2O2S2. The molecule has 0 unspecified atom stereocenters. The van der Waals surface area contributed by atoms with E-state index in [0.717, 1.165) is 41.9 Å². The molecule has 25 heavy (non-hydrogen) atoms. The van der Waals surface area contributed by atoms with Gasteiger partial charge >= 0.3 is 0 Å². The molecule has 6 heteroatoms. The summed E-state index contributed by atoms with van der Waals surface area (Å²) >= 11 is 3.03. The lowest BCUT2D eigenvalue weighted by Crippen LogP contribution is -2.14. The number of anilines is 1. The molecule has 1 N–H and O–H groups in total. The highest BCUT2D eigenvalue weighted by Gasteiger charge is 2.20. The molecule has 3 rings (SSSR count). The molecule has 1 aliphatic carbocycles. The summed E-state index contributed by atoms with van der Waals surface area (Å²) in [5, 5.41) is 13.2. The lowest BCUT2D eigenvalue weighted by atomic mass is 10.1. The number of amides is 1. The number of methoxy groups -OCH3 is 1. The number of ether oxygens (including phenoxy) is 1. The lowest BCUT2D eigenvalue weighted by Gasteiger charge is -2.05. The van der Waals surface area contributed by atoms with Crippen LogP contribution >= 0.6 is 23.1 Å². The van der Waals surface area contributed by atoms with Gasteiger partial charge in [0.15, 0.2) is 0 Å². The average Bonchev–Trinajstić information content (AvgIpc) is 2.79. The number of thiophene rings is 1. The van der Waals surface area contributed by atoms with Crippen molar-refractivity contribution in [3.8, 4) is 11.8 Å². The Bertz CT molecular complexity index is 808. The van der Waals surface area contributed by atoms with Crippen molar-refractivity contribution in [1.82, 2.24) is 0 Å². The molecule has 1 amide bonds. The molecule has 2 aromatic rings. The summed E-state index contributed by atoms with van der Waals surface area (Å²) in [6, 6.07) is 9.94. The predicted octanol–water partition coefficient (Wildman–Crippen LogP) is 4.63. The Labute approximate surface area is 156 Å². The number of hydrogen-bond acceptors (Lipinski definition) is 5. The van der Waals surface area contributed by atoms with Crippen molar-refractivity contribution in [2.75, 3.05) is 18.2 Å². The Morgan fingerprint density at radius 1 is 1.36 bits per heavy atom. The van der Waals surface area contributed by atoms with E-state index in [1.54, 1.807) is 18.4 Å². The van der Waals surface area contributed by atoms with Gasteiger partial charge in [0.2, 0.25) is 5.91 Å². The van der Waals surface area contributed by atoms with Gasteiger partial charge in [-0.05, 0) is 49.4 Å². The molecule has 0 saturated carbocycles. The number of hydrogen-bond donors (Lipinski definition) is 1. The molecule has 0 aliphatic heterocycles. The molecule has 0 saturated heterocycles. The standard InChI is InChI=1S/C19H20N2O2S2/c1-23-13-6-5-7-14(10-13)24-12-18(22)21-19-16(11-20)15-8-3-2-4-9-17(15)25-19/h5-7,10H,2-4,8-9,12H2,1H3,(H,21,22). The third kappa shape index (κ3) is 4.36. The van der Waals surface area contributed by atoms with Gasteiger partial charge in [-0.1, -0.05) is 12.5 Å². The van der Waals surface area contributed by atoms with E-state index in [4.69, 9.17) is 4.74 Å². The Morgan fingerprint density at radius 3 is 3.00 bits per heavy atom. The Kier molecular flexibility index (Phi) is 6.00.